The minimum atomic E-state index is -0.416. The number of hydrogen-bond acceptors (Lipinski definition) is 6. The van der Waals surface area contributed by atoms with Crippen LogP contribution in [0.1, 0.15) is 17.0 Å². The molecule has 3 N–H and O–H groups in total. The number of para-hydroxylation sites is 1. The number of allylic oxidation sites excluding steroid dienone is 1. The maximum Gasteiger partial charge on any atom is 0.244 e. The van der Waals surface area contributed by atoms with Gasteiger partial charge in [0.1, 0.15) is 17.4 Å². The first-order valence-electron chi connectivity index (χ1n) is 7.57. The Morgan fingerprint density at radius 3 is 2.88 bits per heavy atom. The minimum absolute atomic E-state index is 0.0649. The zero-order valence-electron chi connectivity index (χ0n) is 13.3. The lowest BCUT2D eigenvalue weighted by molar-refractivity contribution is 0.375. The van der Waals surface area contributed by atoms with E-state index in [1.54, 1.807) is 18.4 Å². The first-order valence-corrected chi connectivity index (χ1v) is 8.45. The molecule has 4 rings (SSSR count). The predicted octanol–water partition coefficient (Wildman–Crippen LogP) is 3.36. The Balaban J connectivity index is 1.99. The van der Waals surface area contributed by atoms with Crippen molar-refractivity contribution < 1.29 is 9.47 Å². The summed E-state index contributed by atoms with van der Waals surface area (Å²) in [7, 11) is 1.60. The van der Waals surface area contributed by atoms with Crippen LogP contribution in [0.15, 0.2) is 53.2 Å². The van der Waals surface area contributed by atoms with E-state index in [2.05, 4.69) is 16.3 Å². The van der Waals surface area contributed by atoms with Gasteiger partial charge < -0.3 is 15.2 Å². The number of rotatable bonds is 3. The number of aromatic amines is 1. The summed E-state index contributed by atoms with van der Waals surface area (Å²) in [5, 5.41) is 19.0. The average Bonchev–Trinajstić information content (AvgIpc) is 3.29. The molecular formula is C18H14N4O2S. The molecule has 124 valence electrons. The summed E-state index contributed by atoms with van der Waals surface area (Å²) in [6.07, 6.45) is 0. The zero-order valence-corrected chi connectivity index (χ0v) is 14.1. The monoisotopic (exact) mass is 350 g/mol. The first kappa shape index (κ1) is 15.3. The summed E-state index contributed by atoms with van der Waals surface area (Å²) in [4.78, 5) is 1.01. The van der Waals surface area contributed by atoms with Crippen LogP contribution >= 0.6 is 11.3 Å². The molecule has 2 aromatic heterocycles. The Kier molecular flexibility index (Phi) is 3.67. The van der Waals surface area contributed by atoms with Crippen molar-refractivity contribution in [2.45, 2.75) is 5.92 Å². The Morgan fingerprint density at radius 1 is 1.32 bits per heavy atom. The van der Waals surface area contributed by atoms with Crippen molar-refractivity contribution in [2.24, 2.45) is 5.73 Å². The molecule has 0 aliphatic carbocycles. The Morgan fingerprint density at radius 2 is 2.16 bits per heavy atom. The maximum atomic E-state index is 9.70. The number of nitrogens with two attached hydrogens (primary N) is 1. The van der Waals surface area contributed by atoms with E-state index in [1.807, 2.05) is 41.8 Å². The standard InChI is InChI=1S/C18H14N4O2S/c1-23-12-6-3-2-5-10(12)14-11(9-19)17(20)24-18-15(14)16(21-22-18)13-7-4-8-25-13/h2-8,14H,20H2,1H3,(H,21,22)/t14-/m1/s1. The van der Waals surface area contributed by atoms with Gasteiger partial charge in [-0.15, -0.1) is 16.4 Å². The fourth-order valence-corrected chi connectivity index (χ4v) is 3.80. The maximum absolute atomic E-state index is 9.70. The molecule has 0 fully saturated rings. The largest absolute Gasteiger partial charge is 0.496 e. The van der Waals surface area contributed by atoms with E-state index < -0.39 is 5.92 Å². The summed E-state index contributed by atoms with van der Waals surface area (Å²) in [5.41, 5.74) is 8.79. The SMILES string of the molecule is COc1ccccc1[C@@H]1C(C#N)=C(N)Oc2n[nH]c(-c3cccs3)c21. The third kappa shape index (κ3) is 2.35. The molecule has 0 bridgehead atoms. The topological polar surface area (TPSA) is 96.9 Å². The number of thiophene rings is 1. The lowest BCUT2D eigenvalue weighted by Gasteiger charge is -2.25. The van der Waals surface area contributed by atoms with E-state index >= 15 is 0 Å². The highest BCUT2D eigenvalue weighted by atomic mass is 32.1. The second kappa shape index (κ2) is 6.00. The van der Waals surface area contributed by atoms with Crippen LogP contribution in [0.25, 0.3) is 10.6 Å². The molecule has 25 heavy (non-hydrogen) atoms. The highest BCUT2D eigenvalue weighted by Crippen LogP contribution is 2.48. The molecule has 0 unspecified atom stereocenters. The van der Waals surface area contributed by atoms with E-state index in [0.29, 0.717) is 17.2 Å². The quantitative estimate of drug-likeness (QED) is 0.755. The van der Waals surface area contributed by atoms with Crippen LogP contribution in [0.4, 0.5) is 0 Å². The van der Waals surface area contributed by atoms with Crippen molar-refractivity contribution in [3.63, 3.8) is 0 Å². The van der Waals surface area contributed by atoms with Gasteiger partial charge in [0.25, 0.3) is 0 Å². The molecule has 0 saturated carbocycles. The van der Waals surface area contributed by atoms with Crippen molar-refractivity contribution in [3.8, 4) is 28.3 Å². The second-order valence-electron chi connectivity index (χ2n) is 5.46. The van der Waals surface area contributed by atoms with Crippen molar-refractivity contribution in [1.82, 2.24) is 10.2 Å². The number of H-pyrrole nitrogens is 1. The van der Waals surface area contributed by atoms with E-state index in [1.165, 1.54) is 0 Å². The van der Waals surface area contributed by atoms with Gasteiger partial charge in [-0.2, -0.15) is 5.26 Å². The third-order valence-corrected chi connectivity index (χ3v) is 5.04. The number of methoxy groups -OCH3 is 1. The zero-order chi connectivity index (χ0) is 17.4. The summed E-state index contributed by atoms with van der Waals surface area (Å²) < 4.78 is 11.1. The number of nitrogens with zero attached hydrogens (tertiary/aromatic N) is 2. The van der Waals surface area contributed by atoms with Crippen LogP contribution in [-0.2, 0) is 0 Å². The highest BCUT2D eigenvalue weighted by Gasteiger charge is 2.37. The molecule has 1 atom stereocenters. The lowest BCUT2D eigenvalue weighted by atomic mass is 9.83. The summed E-state index contributed by atoms with van der Waals surface area (Å²) >= 11 is 1.58. The van der Waals surface area contributed by atoms with Gasteiger partial charge in [0.15, 0.2) is 0 Å². The predicted molar refractivity (Wildman–Crippen MR) is 94.2 cm³/mol. The van der Waals surface area contributed by atoms with E-state index in [-0.39, 0.29) is 5.88 Å². The van der Waals surface area contributed by atoms with Gasteiger partial charge in [0, 0.05) is 5.56 Å². The number of nitrogens with one attached hydrogen (secondary N) is 1. The Hall–Kier alpha value is -3.24. The van der Waals surface area contributed by atoms with Gasteiger partial charge in [-0.25, -0.2) is 0 Å². The molecule has 0 amide bonds. The van der Waals surface area contributed by atoms with E-state index in [4.69, 9.17) is 15.2 Å². The fraction of sp³-hybridized carbons (Fsp3) is 0.111. The third-order valence-electron chi connectivity index (χ3n) is 4.16. The molecule has 1 aliphatic heterocycles. The van der Waals surface area contributed by atoms with Crippen molar-refractivity contribution in [3.05, 3.63) is 64.4 Å². The number of ether oxygens (including phenoxy) is 2. The van der Waals surface area contributed by atoms with E-state index in [0.717, 1.165) is 21.7 Å². The average molecular weight is 350 g/mol. The number of aromatic nitrogens is 2. The van der Waals surface area contributed by atoms with Gasteiger partial charge in [0.2, 0.25) is 11.8 Å². The summed E-state index contributed by atoms with van der Waals surface area (Å²) in [6, 6.07) is 13.7. The molecule has 0 spiro atoms. The molecule has 1 aromatic carbocycles. The van der Waals surface area contributed by atoms with Gasteiger partial charge in [-0.3, -0.25) is 5.10 Å². The lowest BCUT2D eigenvalue weighted by Crippen LogP contribution is -2.21. The van der Waals surface area contributed by atoms with Crippen LogP contribution in [0, 0.1) is 11.3 Å². The molecule has 0 saturated heterocycles. The van der Waals surface area contributed by atoms with Crippen LogP contribution in [0.3, 0.4) is 0 Å². The highest BCUT2D eigenvalue weighted by molar-refractivity contribution is 7.13. The molecular weight excluding hydrogens is 336 g/mol. The first-order chi connectivity index (χ1) is 12.2. The van der Waals surface area contributed by atoms with Crippen molar-refractivity contribution in [1.29, 1.82) is 5.26 Å². The van der Waals surface area contributed by atoms with Crippen LogP contribution in [0.5, 0.6) is 11.6 Å². The molecule has 3 aromatic rings. The van der Waals surface area contributed by atoms with Crippen molar-refractivity contribution in [2.75, 3.05) is 7.11 Å². The molecule has 1 aliphatic rings. The smallest absolute Gasteiger partial charge is 0.244 e. The molecule has 6 nitrogen and oxygen atoms in total. The molecule has 7 heteroatoms. The van der Waals surface area contributed by atoms with Crippen LogP contribution in [-0.4, -0.2) is 17.3 Å². The van der Waals surface area contributed by atoms with Gasteiger partial charge >= 0.3 is 0 Å². The minimum Gasteiger partial charge on any atom is -0.496 e. The van der Waals surface area contributed by atoms with Gasteiger partial charge in [-0.1, -0.05) is 24.3 Å². The molecule has 0 radical (unpaired) electrons. The molecule has 3 heterocycles. The normalized spacial score (nSPS) is 16.1. The number of fused-ring (bicyclic) bond motifs is 1. The van der Waals surface area contributed by atoms with Crippen LogP contribution in [0.2, 0.25) is 0 Å². The Labute approximate surface area is 148 Å². The summed E-state index contributed by atoms with van der Waals surface area (Å²) in [5.74, 6) is 0.714. The number of benzene rings is 1. The van der Waals surface area contributed by atoms with Crippen molar-refractivity contribution >= 4 is 11.3 Å². The second-order valence-corrected chi connectivity index (χ2v) is 6.41. The number of hydrogen-bond donors (Lipinski definition) is 2. The van der Waals surface area contributed by atoms with E-state index in [9.17, 15) is 5.26 Å². The van der Waals surface area contributed by atoms with Gasteiger partial charge in [0.05, 0.1) is 29.2 Å². The Bertz CT molecular complexity index is 999. The van der Waals surface area contributed by atoms with Crippen LogP contribution < -0.4 is 15.2 Å². The summed E-state index contributed by atoms with van der Waals surface area (Å²) in [6.45, 7) is 0. The fourth-order valence-electron chi connectivity index (χ4n) is 3.07. The van der Waals surface area contributed by atoms with Gasteiger partial charge in [-0.05, 0) is 17.5 Å². The number of nitriles is 1.